The summed E-state index contributed by atoms with van der Waals surface area (Å²) < 4.78 is 32.6. The summed E-state index contributed by atoms with van der Waals surface area (Å²) >= 11 is 0. The van der Waals surface area contributed by atoms with Crippen LogP contribution in [0.1, 0.15) is 5.56 Å². The minimum absolute atomic E-state index is 0.101. The molecule has 6 nitrogen and oxygen atoms in total. The molecule has 0 fully saturated rings. The fraction of sp³-hybridized carbons (Fsp3) is 0.125. The van der Waals surface area contributed by atoms with Gasteiger partial charge in [-0.15, -0.1) is 0 Å². The van der Waals surface area contributed by atoms with Crippen LogP contribution in [0, 0.1) is 5.21 Å². The smallest absolute Gasteiger partial charge is 0.262 e. The Labute approximate surface area is 134 Å². The van der Waals surface area contributed by atoms with Crippen LogP contribution in [0.4, 0.5) is 11.4 Å². The second-order valence-electron chi connectivity index (χ2n) is 5.08. The lowest BCUT2D eigenvalue weighted by molar-refractivity contribution is -0.768. The number of methoxy groups -OCH3 is 1. The van der Waals surface area contributed by atoms with Crippen molar-refractivity contribution in [1.82, 2.24) is 0 Å². The Morgan fingerprint density at radius 3 is 2.61 bits per heavy atom. The highest BCUT2D eigenvalue weighted by Crippen LogP contribution is 2.28. The molecule has 7 heteroatoms. The van der Waals surface area contributed by atoms with Crippen LogP contribution in [0.3, 0.4) is 0 Å². The molecule has 0 aliphatic carbocycles. The molecular formula is C16H16N2O4S. The summed E-state index contributed by atoms with van der Waals surface area (Å²) in [4.78, 5) is 0.106. The molecule has 0 saturated heterocycles. The first-order valence-electron chi connectivity index (χ1n) is 7.01. The number of sulfonamides is 1. The van der Waals surface area contributed by atoms with Crippen molar-refractivity contribution in [3.63, 3.8) is 0 Å². The second kappa shape index (κ2) is 6.04. The zero-order valence-corrected chi connectivity index (χ0v) is 13.3. The van der Waals surface area contributed by atoms with Crippen LogP contribution in [0.15, 0.2) is 53.4 Å². The molecule has 3 rings (SSSR count). The molecular weight excluding hydrogens is 316 g/mol. The first kappa shape index (κ1) is 15.5. The van der Waals surface area contributed by atoms with Crippen LogP contribution in [0.2, 0.25) is 0 Å². The molecule has 0 spiro atoms. The molecule has 23 heavy (non-hydrogen) atoms. The van der Waals surface area contributed by atoms with Gasteiger partial charge in [0.1, 0.15) is 18.0 Å². The number of benzene rings is 2. The average molecular weight is 332 g/mol. The maximum atomic E-state index is 12.5. The molecule has 0 radical (unpaired) electrons. The lowest BCUT2D eigenvalue weighted by atomic mass is 10.1. The van der Waals surface area contributed by atoms with Crippen LogP contribution in [0.5, 0.6) is 5.75 Å². The highest BCUT2D eigenvalue weighted by molar-refractivity contribution is 7.92. The molecule has 0 amide bonds. The van der Waals surface area contributed by atoms with Gasteiger partial charge in [0.15, 0.2) is 5.69 Å². The Kier molecular flexibility index (Phi) is 4.08. The fourth-order valence-corrected chi connectivity index (χ4v) is 3.53. The molecule has 1 aliphatic heterocycles. The quantitative estimate of drug-likeness (QED) is 0.832. The van der Waals surface area contributed by atoms with E-state index in [1.807, 2.05) is 6.08 Å². The second-order valence-corrected chi connectivity index (χ2v) is 6.76. The van der Waals surface area contributed by atoms with Crippen molar-refractivity contribution in [3.05, 3.63) is 59.3 Å². The molecule has 0 saturated carbocycles. The topological polar surface area (TPSA) is 82.9 Å². The number of hydroxylamine groups is 1. The summed E-state index contributed by atoms with van der Waals surface area (Å²) in [6.07, 6.45) is 3.59. The number of quaternary nitrogens is 1. The van der Waals surface area contributed by atoms with E-state index in [1.165, 1.54) is 19.2 Å². The molecule has 1 unspecified atom stereocenters. The van der Waals surface area contributed by atoms with Crippen molar-refractivity contribution < 1.29 is 18.2 Å². The maximum Gasteiger partial charge on any atom is 0.262 e. The predicted molar refractivity (Wildman–Crippen MR) is 88.1 cm³/mol. The van der Waals surface area contributed by atoms with E-state index in [4.69, 9.17) is 4.74 Å². The molecule has 1 heterocycles. The SMILES string of the molecule is COc1ccc(S(=O)(=O)Nc2cccc3c2[NH+]([O-])CC=C3)cc1. The van der Waals surface area contributed by atoms with E-state index in [9.17, 15) is 13.6 Å². The molecule has 2 aromatic rings. The number of fused-ring (bicyclic) bond motifs is 1. The lowest BCUT2D eigenvalue weighted by Crippen LogP contribution is -3.02. The minimum Gasteiger partial charge on any atom is -0.629 e. The van der Waals surface area contributed by atoms with Gasteiger partial charge in [-0.25, -0.2) is 8.42 Å². The van der Waals surface area contributed by atoms with Crippen LogP contribution in [-0.4, -0.2) is 22.1 Å². The minimum atomic E-state index is -3.78. The first-order valence-corrected chi connectivity index (χ1v) is 8.49. The molecule has 1 atom stereocenters. The molecule has 120 valence electrons. The van der Waals surface area contributed by atoms with E-state index in [0.717, 1.165) is 5.56 Å². The number of anilines is 1. The van der Waals surface area contributed by atoms with Crippen LogP contribution in [0.25, 0.3) is 6.08 Å². The van der Waals surface area contributed by atoms with E-state index in [1.54, 1.807) is 36.4 Å². The zero-order chi connectivity index (χ0) is 16.4. The fourth-order valence-electron chi connectivity index (χ4n) is 2.46. The van der Waals surface area contributed by atoms with E-state index in [2.05, 4.69) is 4.72 Å². The summed E-state index contributed by atoms with van der Waals surface area (Å²) in [5.41, 5.74) is 1.43. The van der Waals surface area contributed by atoms with Crippen LogP contribution >= 0.6 is 0 Å². The Balaban J connectivity index is 1.96. The Morgan fingerprint density at radius 1 is 1.17 bits per heavy atom. The maximum absolute atomic E-state index is 12.5. The Bertz CT molecular complexity index is 845. The monoisotopic (exact) mass is 332 g/mol. The van der Waals surface area contributed by atoms with Gasteiger partial charge in [-0.05, 0) is 48.6 Å². The normalized spacial score (nSPS) is 16.7. The van der Waals surface area contributed by atoms with Crippen molar-refractivity contribution >= 4 is 27.5 Å². The summed E-state index contributed by atoms with van der Waals surface area (Å²) in [5.74, 6) is 0.571. The van der Waals surface area contributed by atoms with Crippen LogP contribution in [-0.2, 0) is 10.0 Å². The van der Waals surface area contributed by atoms with E-state index in [-0.39, 0.29) is 16.5 Å². The number of para-hydroxylation sites is 1. The number of rotatable bonds is 4. The van der Waals surface area contributed by atoms with Gasteiger partial charge in [0, 0.05) is 5.56 Å². The number of hydrogen-bond acceptors (Lipinski definition) is 4. The van der Waals surface area contributed by atoms with Gasteiger partial charge in [-0.3, -0.25) is 4.72 Å². The lowest BCUT2D eigenvalue weighted by Gasteiger charge is -2.27. The van der Waals surface area contributed by atoms with Crippen molar-refractivity contribution in [2.24, 2.45) is 0 Å². The van der Waals surface area contributed by atoms with Crippen molar-refractivity contribution in [2.75, 3.05) is 18.4 Å². The molecule has 0 bridgehead atoms. The van der Waals surface area contributed by atoms with Gasteiger partial charge in [-0.2, -0.15) is 0 Å². The molecule has 1 aliphatic rings. The molecule has 0 aromatic heterocycles. The van der Waals surface area contributed by atoms with Gasteiger partial charge in [0.25, 0.3) is 10.0 Å². The first-order chi connectivity index (χ1) is 11.0. The molecule has 2 aromatic carbocycles. The highest BCUT2D eigenvalue weighted by Gasteiger charge is 2.21. The van der Waals surface area contributed by atoms with Gasteiger partial charge in [0.05, 0.1) is 12.0 Å². The van der Waals surface area contributed by atoms with Gasteiger partial charge < -0.3 is 15.0 Å². The highest BCUT2D eigenvalue weighted by atomic mass is 32.2. The Morgan fingerprint density at radius 2 is 1.91 bits per heavy atom. The summed E-state index contributed by atoms with van der Waals surface area (Å²) in [7, 11) is -2.27. The van der Waals surface area contributed by atoms with E-state index < -0.39 is 10.0 Å². The third-order valence-corrected chi connectivity index (χ3v) is 4.97. The average Bonchev–Trinajstić information content (AvgIpc) is 2.55. The van der Waals surface area contributed by atoms with Crippen molar-refractivity contribution in [3.8, 4) is 5.75 Å². The number of ether oxygens (including phenoxy) is 1. The number of nitrogens with one attached hydrogen (secondary N) is 2. The summed E-state index contributed by atoms with van der Waals surface area (Å²) in [6.45, 7) is 0.272. The zero-order valence-electron chi connectivity index (χ0n) is 12.4. The van der Waals surface area contributed by atoms with Crippen molar-refractivity contribution in [2.45, 2.75) is 4.90 Å². The van der Waals surface area contributed by atoms with E-state index in [0.29, 0.717) is 17.1 Å². The third kappa shape index (κ3) is 3.07. The van der Waals surface area contributed by atoms with Crippen molar-refractivity contribution in [1.29, 1.82) is 0 Å². The number of hydrogen-bond donors (Lipinski definition) is 2. The molecule has 2 N–H and O–H groups in total. The van der Waals surface area contributed by atoms with Gasteiger partial charge in [-0.1, -0.05) is 6.07 Å². The Hall–Kier alpha value is -2.35. The van der Waals surface area contributed by atoms with Gasteiger partial charge >= 0.3 is 0 Å². The predicted octanol–water partition coefficient (Wildman–Crippen LogP) is 1.54. The van der Waals surface area contributed by atoms with E-state index >= 15 is 0 Å². The van der Waals surface area contributed by atoms with Crippen LogP contribution < -0.4 is 14.5 Å². The third-order valence-electron chi connectivity index (χ3n) is 3.59. The summed E-state index contributed by atoms with van der Waals surface area (Å²) in [6, 6.07) is 11.2. The largest absolute Gasteiger partial charge is 0.629 e. The summed E-state index contributed by atoms with van der Waals surface area (Å²) in [5, 5.41) is 12.0. The standard InChI is InChI=1S/C16H16N2O4S/c1-22-13-7-9-14(10-8-13)23(20,21)17-15-6-2-4-12-5-3-11-18(19)16(12)15/h2-10,17-18H,11H2,1H3. The van der Waals surface area contributed by atoms with Gasteiger partial charge in [0.2, 0.25) is 0 Å².